The molecule has 0 aliphatic rings. The highest BCUT2D eigenvalue weighted by atomic mass is 32.2. The molecule has 1 unspecified atom stereocenters. The number of aromatic nitrogens is 2. The molecule has 1 aromatic heterocycles. The smallest absolute Gasteiger partial charge is 0.237 e. The van der Waals surface area contributed by atoms with Gasteiger partial charge in [0.1, 0.15) is 5.51 Å². The van der Waals surface area contributed by atoms with Crippen molar-refractivity contribution in [1.29, 1.82) is 0 Å². The average molecular weight is 274 g/mol. The van der Waals surface area contributed by atoms with Gasteiger partial charge in [-0.25, -0.2) is 0 Å². The lowest BCUT2D eigenvalue weighted by atomic mass is 9.95. The molecule has 1 aromatic rings. The fourth-order valence-electron chi connectivity index (χ4n) is 1.50. The fourth-order valence-corrected chi connectivity index (χ4v) is 3.00. The predicted molar refractivity (Wildman–Crippen MR) is 71.1 cm³/mol. The van der Waals surface area contributed by atoms with E-state index in [-0.39, 0.29) is 5.91 Å². The van der Waals surface area contributed by atoms with E-state index in [1.165, 1.54) is 11.3 Å². The normalized spacial score (nSPS) is 14.5. The van der Waals surface area contributed by atoms with Crippen LogP contribution >= 0.6 is 23.1 Å². The molecule has 7 heteroatoms. The predicted octanol–water partition coefficient (Wildman–Crippen LogP) is 1.26. The number of nitrogens with zero attached hydrogens (tertiary/aromatic N) is 2. The maximum atomic E-state index is 11.4. The van der Waals surface area contributed by atoms with E-state index in [0.29, 0.717) is 0 Å². The van der Waals surface area contributed by atoms with Gasteiger partial charge in [0.25, 0.3) is 0 Å². The van der Waals surface area contributed by atoms with Crippen LogP contribution in [0.5, 0.6) is 0 Å². The molecular formula is C10H18N4OS2. The van der Waals surface area contributed by atoms with Gasteiger partial charge in [-0.05, 0) is 26.3 Å². The number of carbonyl (C=O) groups excluding carboxylic acids is 1. The first-order valence-corrected chi connectivity index (χ1v) is 7.39. The highest BCUT2D eigenvalue weighted by molar-refractivity contribution is 8.00. The number of rotatable bonds is 8. The number of likely N-dealkylation sites (N-methyl/N-ethyl adjacent to an activating group) is 1. The van der Waals surface area contributed by atoms with E-state index in [1.54, 1.807) is 17.3 Å². The minimum atomic E-state index is -0.601. The molecule has 0 fully saturated rings. The summed E-state index contributed by atoms with van der Waals surface area (Å²) in [4.78, 5) is 11.4. The van der Waals surface area contributed by atoms with Crippen LogP contribution in [0, 0.1) is 0 Å². The Bertz CT molecular complexity index is 344. The first-order chi connectivity index (χ1) is 8.08. The molecule has 1 atom stereocenters. The van der Waals surface area contributed by atoms with E-state index >= 15 is 0 Å². The number of hydrogen-bond acceptors (Lipinski definition) is 6. The number of nitrogens with one attached hydrogen (secondary N) is 1. The van der Waals surface area contributed by atoms with Crippen molar-refractivity contribution in [2.24, 2.45) is 5.73 Å². The van der Waals surface area contributed by atoms with Gasteiger partial charge in [-0.1, -0.05) is 30.0 Å². The molecule has 0 saturated carbocycles. The number of nitrogens with two attached hydrogens (primary N) is 1. The standard InChI is InChI=1S/C10H18N4OS2/c1-3-12-10(2,8(11)15)5-4-6-16-9-14-13-7-17-9/h7,12H,3-6H2,1-2H3,(H2,11,15). The van der Waals surface area contributed by atoms with Crippen LogP contribution in [0.25, 0.3) is 0 Å². The molecule has 3 N–H and O–H groups in total. The van der Waals surface area contributed by atoms with Gasteiger partial charge in [-0.15, -0.1) is 10.2 Å². The van der Waals surface area contributed by atoms with Crippen LogP contribution < -0.4 is 11.1 Å². The number of carbonyl (C=O) groups is 1. The van der Waals surface area contributed by atoms with Gasteiger partial charge >= 0.3 is 0 Å². The van der Waals surface area contributed by atoms with Crippen LogP contribution in [0.4, 0.5) is 0 Å². The van der Waals surface area contributed by atoms with E-state index in [0.717, 1.165) is 29.5 Å². The lowest BCUT2D eigenvalue weighted by molar-refractivity contribution is -0.124. The summed E-state index contributed by atoms with van der Waals surface area (Å²) in [5.41, 5.74) is 6.52. The van der Waals surface area contributed by atoms with Gasteiger partial charge < -0.3 is 11.1 Å². The van der Waals surface area contributed by atoms with E-state index < -0.39 is 5.54 Å². The van der Waals surface area contributed by atoms with Gasteiger partial charge in [0.15, 0.2) is 4.34 Å². The molecule has 0 aliphatic carbocycles. The summed E-state index contributed by atoms with van der Waals surface area (Å²) in [6.45, 7) is 4.56. The van der Waals surface area contributed by atoms with Crippen LogP contribution in [-0.4, -0.2) is 33.9 Å². The number of hydrogen-bond donors (Lipinski definition) is 2. The average Bonchev–Trinajstić information content (AvgIpc) is 2.77. The monoisotopic (exact) mass is 274 g/mol. The topological polar surface area (TPSA) is 80.9 Å². The van der Waals surface area contributed by atoms with Gasteiger partial charge in [0.05, 0.1) is 5.54 Å². The molecule has 1 amide bonds. The Labute approximate surface area is 110 Å². The molecule has 0 radical (unpaired) electrons. The molecular weight excluding hydrogens is 256 g/mol. The Morgan fingerprint density at radius 3 is 3.00 bits per heavy atom. The maximum Gasteiger partial charge on any atom is 0.237 e. The second-order valence-electron chi connectivity index (χ2n) is 3.88. The van der Waals surface area contributed by atoms with Gasteiger partial charge in [-0.2, -0.15) is 0 Å². The van der Waals surface area contributed by atoms with Crippen molar-refractivity contribution in [3.05, 3.63) is 5.51 Å². The van der Waals surface area contributed by atoms with Crippen molar-refractivity contribution < 1.29 is 4.79 Å². The summed E-state index contributed by atoms with van der Waals surface area (Å²) in [6, 6.07) is 0. The summed E-state index contributed by atoms with van der Waals surface area (Å²) in [5.74, 6) is 0.629. The zero-order chi connectivity index (χ0) is 12.7. The largest absolute Gasteiger partial charge is 0.368 e. The highest BCUT2D eigenvalue weighted by Gasteiger charge is 2.28. The Hall–Kier alpha value is -0.660. The lowest BCUT2D eigenvalue weighted by Crippen LogP contribution is -2.53. The molecule has 0 spiro atoms. The highest BCUT2D eigenvalue weighted by Crippen LogP contribution is 2.22. The zero-order valence-corrected chi connectivity index (χ0v) is 11.7. The van der Waals surface area contributed by atoms with Crippen molar-refractivity contribution in [3.8, 4) is 0 Å². The molecule has 96 valence electrons. The summed E-state index contributed by atoms with van der Waals surface area (Å²) in [5, 5.41) is 10.9. The molecule has 1 rings (SSSR count). The van der Waals surface area contributed by atoms with Gasteiger partial charge in [0.2, 0.25) is 5.91 Å². The zero-order valence-electron chi connectivity index (χ0n) is 10.1. The van der Waals surface area contributed by atoms with Crippen molar-refractivity contribution in [2.75, 3.05) is 12.3 Å². The van der Waals surface area contributed by atoms with E-state index in [2.05, 4.69) is 15.5 Å². The van der Waals surface area contributed by atoms with Gasteiger partial charge in [0, 0.05) is 5.75 Å². The van der Waals surface area contributed by atoms with Crippen LogP contribution in [0.1, 0.15) is 26.7 Å². The van der Waals surface area contributed by atoms with Crippen molar-refractivity contribution in [3.63, 3.8) is 0 Å². The molecule has 0 bridgehead atoms. The Morgan fingerprint density at radius 1 is 1.71 bits per heavy atom. The fraction of sp³-hybridized carbons (Fsp3) is 0.700. The molecule has 5 nitrogen and oxygen atoms in total. The van der Waals surface area contributed by atoms with Gasteiger partial charge in [-0.3, -0.25) is 4.79 Å². The molecule has 1 heterocycles. The third-order valence-electron chi connectivity index (χ3n) is 2.50. The first kappa shape index (κ1) is 14.4. The molecule has 0 saturated heterocycles. The number of thioether (sulfide) groups is 1. The van der Waals surface area contributed by atoms with E-state index in [9.17, 15) is 4.79 Å². The van der Waals surface area contributed by atoms with Crippen LogP contribution in [0.2, 0.25) is 0 Å². The molecule has 0 aromatic carbocycles. The summed E-state index contributed by atoms with van der Waals surface area (Å²) in [7, 11) is 0. The number of primary amides is 1. The minimum Gasteiger partial charge on any atom is -0.368 e. The summed E-state index contributed by atoms with van der Waals surface area (Å²) in [6.07, 6.45) is 1.65. The van der Waals surface area contributed by atoms with Crippen LogP contribution in [0.3, 0.4) is 0 Å². The summed E-state index contributed by atoms with van der Waals surface area (Å²) >= 11 is 3.19. The quantitative estimate of drug-likeness (QED) is 0.551. The van der Waals surface area contributed by atoms with E-state index in [1.807, 2.05) is 13.8 Å². The SMILES string of the molecule is CCNC(C)(CCCSc1nncs1)C(N)=O. The molecule has 17 heavy (non-hydrogen) atoms. The third-order valence-corrected chi connectivity index (χ3v) is 4.44. The van der Waals surface area contributed by atoms with Crippen molar-refractivity contribution in [2.45, 2.75) is 36.6 Å². The molecule has 0 aliphatic heterocycles. The minimum absolute atomic E-state index is 0.291. The van der Waals surface area contributed by atoms with Crippen LogP contribution in [0.15, 0.2) is 9.85 Å². The Balaban J connectivity index is 2.30. The maximum absolute atomic E-state index is 11.4. The summed E-state index contributed by atoms with van der Waals surface area (Å²) < 4.78 is 0.967. The van der Waals surface area contributed by atoms with Crippen molar-refractivity contribution in [1.82, 2.24) is 15.5 Å². The Morgan fingerprint density at radius 2 is 2.47 bits per heavy atom. The second kappa shape index (κ2) is 6.93. The third kappa shape index (κ3) is 4.61. The first-order valence-electron chi connectivity index (χ1n) is 5.52. The second-order valence-corrected chi connectivity index (χ2v) is 6.06. The lowest BCUT2D eigenvalue weighted by Gasteiger charge is -2.26. The van der Waals surface area contributed by atoms with Crippen LogP contribution in [-0.2, 0) is 4.79 Å². The number of amides is 1. The van der Waals surface area contributed by atoms with Crippen molar-refractivity contribution >= 4 is 29.0 Å². The Kier molecular flexibility index (Phi) is 5.87. The van der Waals surface area contributed by atoms with E-state index in [4.69, 9.17) is 5.73 Å².